The molecule has 2 amide bonds. The second-order valence-electron chi connectivity index (χ2n) is 14.2. The van der Waals surface area contributed by atoms with Gasteiger partial charge in [-0.2, -0.15) is 0 Å². The Morgan fingerprint density at radius 2 is 1.14 bits per heavy atom. The smallest absolute Gasteiger partial charge is 0.303 e. The SMILES string of the molecule is CCCCCCCCCCCCCC(=O)N(CCCCCCCCCCCC)[C@]1(N)O[C@H](CO)[C@@H](O)[C@H](O)[C@H]1C(=O)CNC(=O)CCC(=O)O. The first kappa shape index (κ1) is 45.9. The molecule has 0 radical (unpaired) electrons. The largest absolute Gasteiger partial charge is 0.481 e. The minimum Gasteiger partial charge on any atom is -0.481 e. The molecule has 292 valence electrons. The van der Waals surface area contributed by atoms with Crippen molar-refractivity contribution in [2.75, 3.05) is 19.7 Å². The number of nitrogens with zero attached hydrogens (tertiary/aromatic N) is 1. The number of carbonyl (C=O) groups is 4. The summed E-state index contributed by atoms with van der Waals surface area (Å²) in [5.41, 5.74) is 6.81. The predicted octanol–water partition coefficient (Wildman–Crippen LogP) is 5.33. The molecule has 5 atom stereocenters. The van der Waals surface area contributed by atoms with Gasteiger partial charge in [-0.05, 0) is 12.8 Å². The molecule has 1 fully saturated rings. The maximum Gasteiger partial charge on any atom is 0.303 e. The number of aliphatic hydroxyl groups is 3. The molecule has 1 heterocycles. The lowest BCUT2D eigenvalue weighted by atomic mass is 9.82. The maximum absolute atomic E-state index is 13.9. The van der Waals surface area contributed by atoms with Gasteiger partial charge >= 0.3 is 5.97 Å². The maximum atomic E-state index is 13.9. The number of Topliss-reactive ketones (excluding diaryl/α,β-unsaturated/α-hetero) is 1. The Bertz CT molecular complexity index is 952. The standard InChI is InChI=1S/C38H71N3O9/c1-3-5-7-9-11-13-15-16-18-20-22-24-33(45)41(27-23-21-19-17-14-12-10-8-6-4-2)38(39)35(37(49)36(48)31(29-42)50-38)30(43)28-40-32(44)25-26-34(46)47/h31,35-37,42,48-49H,3-29,39H2,1-2H3,(H,40,44)(H,46,47)/t31-,35-,36-,37-,38+/m1/s1. The number of hydrogen-bond acceptors (Lipinski definition) is 9. The fourth-order valence-electron chi connectivity index (χ4n) is 6.78. The molecule has 12 heteroatoms. The minimum absolute atomic E-state index is 0.152. The van der Waals surface area contributed by atoms with E-state index in [0.717, 1.165) is 44.9 Å². The number of amides is 2. The van der Waals surface area contributed by atoms with Crippen LogP contribution < -0.4 is 11.1 Å². The molecule has 1 saturated heterocycles. The Hall–Kier alpha value is -2.12. The summed E-state index contributed by atoms with van der Waals surface area (Å²) in [4.78, 5) is 51.8. The number of carboxylic acids is 1. The van der Waals surface area contributed by atoms with Crippen LogP contribution in [0.15, 0.2) is 0 Å². The highest BCUT2D eigenvalue weighted by molar-refractivity contribution is 5.90. The van der Waals surface area contributed by atoms with Crippen LogP contribution in [0.3, 0.4) is 0 Å². The average molecular weight is 714 g/mol. The number of carbonyl (C=O) groups excluding carboxylic acids is 3. The summed E-state index contributed by atoms with van der Waals surface area (Å²) in [5.74, 6) is -6.80. The number of nitrogens with one attached hydrogen (secondary N) is 1. The van der Waals surface area contributed by atoms with Crippen LogP contribution in [-0.2, 0) is 23.9 Å². The van der Waals surface area contributed by atoms with Crippen molar-refractivity contribution in [2.45, 2.75) is 192 Å². The summed E-state index contributed by atoms with van der Waals surface area (Å²) in [6, 6.07) is 0. The molecule has 0 aliphatic carbocycles. The van der Waals surface area contributed by atoms with E-state index in [1.807, 2.05) is 0 Å². The van der Waals surface area contributed by atoms with E-state index in [1.54, 1.807) is 0 Å². The molecular formula is C38H71N3O9. The predicted molar refractivity (Wildman–Crippen MR) is 194 cm³/mol. The molecular weight excluding hydrogens is 642 g/mol. The third-order valence-electron chi connectivity index (χ3n) is 9.86. The number of carboxylic acid groups (broad SMARTS) is 1. The van der Waals surface area contributed by atoms with Crippen molar-refractivity contribution >= 4 is 23.6 Å². The molecule has 1 rings (SSSR count). The number of ketones is 1. The van der Waals surface area contributed by atoms with Gasteiger partial charge in [-0.1, -0.05) is 136 Å². The first-order valence-electron chi connectivity index (χ1n) is 19.8. The van der Waals surface area contributed by atoms with Crippen LogP contribution in [0, 0.1) is 5.92 Å². The van der Waals surface area contributed by atoms with Gasteiger partial charge in [0.1, 0.15) is 18.1 Å². The monoisotopic (exact) mass is 714 g/mol. The molecule has 0 aromatic carbocycles. The van der Waals surface area contributed by atoms with E-state index in [-0.39, 0.29) is 25.3 Å². The van der Waals surface area contributed by atoms with Gasteiger partial charge in [0.15, 0.2) is 5.78 Å². The fraction of sp³-hybridized carbons (Fsp3) is 0.895. The quantitative estimate of drug-likeness (QED) is 0.0403. The molecule has 0 saturated carbocycles. The Kier molecular flexibility index (Phi) is 25.3. The number of rotatable bonds is 31. The topological polar surface area (TPSA) is 200 Å². The van der Waals surface area contributed by atoms with Crippen molar-refractivity contribution in [3.8, 4) is 0 Å². The van der Waals surface area contributed by atoms with Crippen LogP contribution in [-0.4, -0.2) is 92.8 Å². The van der Waals surface area contributed by atoms with Crippen LogP contribution in [0.2, 0.25) is 0 Å². The Labute approximate surface area is 301 Å². The van der Waals surface area contributed by atoms with Crippen LogP contribution >= 0.6 is 0 Å². The first-order valence-corrected chi connectivity index (χ1v) is 19.8. The molecule has 1 aliphatic heterocycles. The van der Waals surface area contributed by atoms with Gasteiger partial charge in [0, 0.05) is 19.4 Å². The van der Waals surface area contributed by atoms with Crippen LogP contribution in [0.5, 0.6) is 0 Å². The van der Waals surface area contributed by atoms with E-state index in [0.29, 0.717) is 12.8 Å². The molecule has 7 N–H and O–H groups in total. The summed E-state index contributed by atoms with van der Waals surface area (Å²) in [7, 11) is 0. The zero-order valence-corrected chi connectivity index (χ0v) is 31.3. The van der Waals surface area contributed by atoms with Gasteiger partial charge < -0.3 is 35.4 Å². The van der Waals surface area contributed by atoms with Gasteiger partial charge in [0.25, 0.3) is 0 Å². The molecule has 0 aromatic heterocycles. The van der Waals surface area contributed by atoms with Gasteiger partial charge in [-0.3, -0.25) is 24.9 Å². The zero-order chi connectivity index (χ0) is 37.2. The molecule has 50 heavy (non-hydrogen) atoms. The van der Waals surface area contributed by atoms with E-state index in [4.69, 9.17) is 15.6 Å². The van der Waals surface area contributed by atoms with Gasteiger partial charge in [0.05, 0.1) is 25.7 Å². The fourth-order valence-corrected chi connectivity index (χ4v) is 6.78. The second-order valence-corrected chi connectivity index (χ2v) is 14.2. The van der Waals surface area contributed by atoms with Crippen LogP contribution in [0.25, 0.3) is 0 Å². The van der Waals surface area contributed by atoms with Crippen LogP contribution in [0.1, 0.15) is 168 Å². The van der Waals surface area contributed by atoms with E-state index in [2.05, 4.69) is 19.2 Å². The Morgan fingerprint density at radius 1 is 0.680 bits per heavy atom. The molecule has 0 aromatic rings. The van der Waals surface area contributed by atoms with Crippen molar-refractivity contribution < 1.29 is 44.3 Å². The van der Waals surface area contributed by atoms with E-state index >= 15 is 0 Å². The number of aliphatic carboxylic acids is 1. The lowest BCUT2D eigenvalue weighted by Gasteiger charge is -2.52. The number of aliphatic hydroxyl groups excluding tert-OH is 3. The number of nitrogens with two attached hydrogens (primary N) is 1. The third-order valence-corrected chi connectivity index (χ3v) is 9.86. The van der Waals surface area contributed by atoms with E-state index in [9.17, 15) is 34.5 Å². The van der Waals surface area contributed by atoms with Crippen molar-refractivity contribution in [3.63, 3.8) is 0 Å². The Morgan fingerprint density at radius 3 is 1.60 bits per heavy atom. The highest BCUT2D eigenvalue weighted by Gasteiger charge is 2.58. The summed E-state index contributed by atoms with van der Waals surface area (Å²) < 4.78 is 5.97. The molecule has 0 bridgehead atoms. The normalized spacial score (nSPS) is 22.0. The van der Waals surface area contributed by atoms with Crippen molar-refractivity contribution in [1.82, 2.24) is 10.2 Å². The highest BCUT2D eigenvalue weighted by Crippen LogP contribution is 2.36. The highest BCUT2D eigenvalue weighted by atomic mass is 16.6. The zero-order valence-electron chi connectivity index (χ0n) is 31.3. The van der Waals surface area contributed by atoms with E-state index in [1.165, 1.54) is 81.9 Å². The molecule has 0 unspecified atom stereocenters. The number of unbranched alkanes of at least 4 members (excludes halogenated alkanes) is 19. The Balaban J connectivity index is 2.97. The van der Waals surface area contributed by atoms with Crippen LogP contribution in [0.4, 0.5) is 0 Å². The van der Waals surface area contributed by atoms with Crippen molar-refractivity contribution in [2.24, 2.45) is 11.7 Å². The third kappa shape index (κ3) is 17.9. The summed E-state index contributed by atoms with van der Waals surface area (Å²) in [6.45, 7) is 3.25. The minimum atomic E-state index is -2.19. The van der Waals surface area contributed by atoms with Gasteiger partial charge in [0.2, 0.25) is 17.7 Å². The first-order chi connectivity index (χ1) is 24.0. The number of ether oxygens (including phenoxy) is 1. The lowest BCUT2D eigenvalue weighted by Crippen LogP contribution is -2.75. The second kappa shape index (κ2) is 27.5. The van der Waals surface area contributed by atoms with Crippen molar-refractivity contribution in [1.29, 1.82) is 0 Å². The summed E-state index contributed by atoms with van der Waals surface area (Å²) in [6.07, 6.45) is 17.7. The van der Waals surface area contributed by atoms with Crippen molar-refractivity contribution in [3.05, 3.63) is 0 Å². The molecule has 0 spiro atoms. The molecule has 1 aliphatic rings. The van der Waals surface area contributed by atoms with E-state index < -0.39 is 67.3 Å². The molecule has 12 nitrogen and oxygen atoms in total. The lowest BCUT2D eigenvalue weighted by molar-refractivity contribution is -0.291. The summed E-state index contributed by atoms with van der Waals surface area (Å²) in [5, 5.41) is 43.1. The number of hydrogen-bond donors (Lipinski definition) is 6. The van der Waals surface area contributed by atoms with Gasteiger partial charge in [-0.25, -0.2) is 0 Å². The average Bonchev–Trinajstić information content (AvgIpc) is 3.09. The van der Waals surface area contributed by atoms with Gasteiger partial charge in [-0.15, -0.1) is 0 Å². The summed E-state index contributed by atoms with van der Waals surface area (Å²) >= 11 is 0.